The predicted molar refractivity (Wildman–Crippen MR) is 221 cm³/mol. The number of rotatable bonds is 20. The normalized spacial score (nSPS) is 30.3. The van der Waals surface area contributed by atoms with E-state index in [1.165, 1.54) is 0 Å². The predicted octanol–water partition coefficient (Wildman–Crippen LogP) is 8.49. The first-order chi connectivity index (χ1) is 25.5. The van der Waals surface area contributed by atoms with Gasteiger partial charge in [0.25, 0.3) is 0 Å². The van der Waals surface area contributed by atoms with Gasteiger partial charge in [0.15, 0.2) is 18.2 Å². The molecular formula is C42H66O9S2Si. The van der Waals surface area contributed by atoms with Crippen molar-refractivity contribution < 1.29 is 40.7 Å². The standard InChI is InChI=1S/C42H66O9S2Si/c1-11-21-46-22-15-16-32-24-30(3)37(48-32)20-19-33-23-29(2)31(4)38(49-33)26-39-36(28-53(43,44)35-17-13-12-14-18-35)41(45-8)40(50-39)25-34(51-52)27-47-54(9,10)42(5,6)7/h11-18,29,32-34,36-41,52H,1,3-4,19-28H2,2,5-10H3/b16-15+/t29-,32+,33?,34+,36?,37+,38-,39+,40-,41-/m1/s1. The zero-order valence-corrected chi connectivity index (χ0v) is 36.3. The van der Waals surface area contributed by atoms with Gasteiger partial charge in [-0.05, 0) is 79.5 Å². The van der Waals surface area contributed by atoms with Crippen LogP contribution in [-0.2, 0) is 42.1 Å². The molecule has 0 amide bonds. The van der Waals surface area contributed by atoms with Crippen LogP contribution in [-0.4, -0.2) is 98.3 Å². The molecule has 0 bridgehead atoms. The third-order valence-electron chi connectivity index (χ3n) is 11.8. The molecule has 0 N–H and O–H groups in total. The van der Waals surface area contributed by atoms with Crippen molar-refractivity contribution in [3.8, 4) is 0 Å². The third kappa shape index (κ3) is 12.2. The van der Waals surface area contributed by atoms with Gasteiger partial charge < -0.3 is 32.3 Å². The Morgan fingerprint density at radius 3 is 2.41 bits per heavy atom. The number of methoxy groups -OCH3 is 1. The summed E-state index contributed by atoms with van der Waals surface area (Å²) in [4.78, 5) is 0.280. The SMILES string of the molecule is C=CCOC/C=C/[C@H]1CC(=C)[C@H](CCC2C[C@@H](C)C(=C)[C@@H](C[C@@H]3O[C@H](C[C@@H](CO[Si](C)(C)C(C)(C)C)OS)[C@H](OC)C3CS(=O)(=O)c3ccccc3)O2)O1. The van der Waals surface area contributed by atoms with E-state index in [2.05, 4.69) is 79.5 Å². The Labute approximate surface area is 332 Å². The zero-order chi connectivity index (χ0) is 39.7. The van der Waals surface area contributed by atoms with Gasteiger partial charge in [0, 0.05) is 32.3 Å². The van der Waals surface area contributed by atoms with Crippen molar-refractivity contribution in [3.05, 3.63) is 79.4 Å². The van der Waals surface area contributed by atoms with Crippen LogP contribution in [0.4, 0.5) is 0 Å². The van der Waals surface area contributed by atoms with Crippen LogP contribution < -0.4 is 0 Å². The van der Waals surface area contributed by atoms with E-state index in [9.17, 15) is 8.42 Å². The fraction of sp³-hybridized carbons (Fsp3) is 0.667. The van der Waals surface area contributed by atoms with Gasteiger partial charge in [-0.3, -0.25) is 0 Å². The number of hydrogen-bond acceptors (Lipinski definition) is 10. The highest BCUT2D eigenvalue weighted by Gasteiger charge is 2.49. The number of hydrogen-bond donors (Lipinski definition) is 1. The Balaban J connectivity index is 1.47. The summed E-state index contributed by atoms with van der Waals surface area (Å²) in [6.45, 7) is 27.0. The Kier molecular flexibility index (Phi) is 16.9. The lowest BCUT2D eigenvalue weighted by Crippen LogP contribution is -2.43. The van der Waals surface area contributed by atoms with Crippen molar-refractivity contribution in [1.29, 1.82) is 0 Å². The molecule has 0 aliphatic carbocycles. The molecule has 0 radical (unpaired) electrons. The lowest BCUT2D eigenvalue weighted by molar-refractivity contribution is -0.0767. The molecule has 12 heteroatoms. The van der Waals surface area contributed by atoms with E-state index >= 15 is 0 Å². The Morgan fingerprint density at radius 2 is 1.76 bits per heavy atom. The van der Waals surface area contributed by atoms with Crippen LogP contribution in [0.5, 0.6) is 0 Å². The summed E-state index contributed by atoms with van der Waals surface area (Å²) in [7, 11) is -4.10. The van der Waals surface area contributed by atoms with Gasteiger partial charge >= 0.3 is 0 Å². The van der Waals surface area contributed by atoms with Gasteiger partial charge in [-0.15, -0.1) is 6.58 Å². The van der Waals surface area contributed by atoms with Crippen molar-refractivity contribution in [2.24, 2.45) is 11.8 Å². The third-order valence-corrected chi connectivity index (χ3v) is 18.4. The van der Waals surface area contributed by atoms with Crippen LogP contribution in [0.3, 0.4) is 0 Å². The van der Waals surface area contributed by atoms with Crippen LogP contribution in [0.2, 0.25) is 18.1 Å². The van der Waals surface area contributed by atoms with E-state index in [0.717, 1.165) is 36.8 Å². The van der Waals surface area contributed by atoms with Gasteiger partial charge in [-0.2, -0.15) is 0 Å². The minimum absolute atomic E-state index is 0.00910. The van der Waals surface area contributed by atoms with E-state index in [1.54, 1.807) is 37.5 Å². The molecule has 0 aromatic heterocycles. The maximum atomic E-state index is 13.9. The van der Waals surface area contributed by atoms with E-state index in [0.29, 0.717) is 32.7 Å². The summed E-state index contributed by atoms with van der Waals surface area (Å²) >= 11 is 4.22. The van der Waals surface area contributed by atoms with Gasteiger partial charge in [-0.1, -0.05) is 77.3 Å². The van der Waals surface area contributed by atoms with Crippen molar-refractivity contribution in [1.82, 2.24) is 0 Å². The molecule has 4 rings (SSSR count). The highest BCUT2D eigenvalue weighted by Crippen LogP contribution is 2.42. The molecule has 0 saturated carbocycles. The van der Waals surface area contributed by atoms with Crippen molar-refractivity contribution in [2.75, 3.05) is 32.7 Å². The fourth-order valence-corrected chi connectivity index (χ4v) is 10.3. The number of thiol groups is 1. The van der Waals surface area contributed by atoms with Gasteiger partial charge in [-0.25, -0.2) is 8.42 Å². The molecule has 9 nitrogen and oxygen atoms in total. The average molecular weight is 807 g/mol. The lowest BCUT2D eigenvalue weighted by atomic mass is 9.83. The molecule has 1 aromatic rings. The van der Waals surface area contributed by atoms with E-state index < -0.39 is 42.4 Å². The molecule has 2 unspecified atom stereocenters. The maximum Gasteiger partial charge on any atom is 0.192 e. The summed E-state index contributed by atoms with van der Waals surface area (Å²) in [6.07, 6.45) is 7.79. The Bertz CT molecular complexity index is 1510. The van der Waals surface area contributed by atoms with E-state index in [-0.39, 0.29) is 52.1 Å². The minimum Gasteiger partial charge on any atom is -0.414 e. The molecule has 3 aliphatic rings. The molecule has 10 atom stereocenters. The molecule has 304 valence electrons. The zero-order valence-electron chi connectivity index (χ0n) is 33.6. The smallest absolute Gasteiger partial charge is 0.192 e. The first kappa shape index (κ1) is 45.1. The molecule has 3 heterocycles. The average Bonchev–Trinajstić information content (AvgIpc) is 3.64. The van der Waals surface area contributed by atoms with Crippen molar-refractivity contribution in [2.45, 2.75) is 138 Å². The number of benzene rings is 1. The van der Waals surface area contributed by atoms with Crippen LogP contribution >= 0.6 is 12.9 Å². The lowest BCUT2D eigenvalue weighted by Gasteiger charge is -2.38. The molecule has 54 heavy (non-hydrogen) atoms. The van der Waals surface area contributed by atoms with Gasteiger partial charge in [0.1, 0.15) is 0 Å². The molecule has 3 saturated heterocycles. The molecule has 3 aliphatic heterocycles. The second kappa shape index (κ2) is 20.2. The molecular weight excluding hydrogens is 741 g/mol. The summed E-state index contributed by atoms with van der Waals surface area (Å²) in [5.74, 6) is -0.357. The topological polar surface area (TPSA) is 98.8 Å². The minimum atomic E-state index is -3.66. The van der Waals surface area contributed by atoms with Crippen LogP contribution in [0.1, 0.15) is 66.2 Å². The van der Waals surface area contributed by atoms with Crippen molar-refractivity contribution >= 4 is 31.1 Å². The van der Waals surface area contributed by atoms with Crippen LogP contribution in [0.25, 0.3) is 0 Å². The monoisotopic (exact) mass is 806 g/mol. The second-order valence-corrected chi connectivity index (χ2v) is 23.8. The summed E-state index contributed by atoms with van der Waals surface area (Å²) < 4.78 is 71.3. The highest BCUT2D eigenvalue weighted by molar-refractivity contribution is 7.91. The highest BCUT2D eigenvalue weighted by atomic mass is 32.2. The molecule has 1 aromatic carbocycles. The summed E-state index contributed by atoms with van der Waals surface area (Å²) in [6, 6.07) is 8.58. The van der Waals surface area contributed by atoms with Gasteiger partial charge in [0.05, 0.1) is 79.3 Å². The summed E-state index contributed by atoms with van der Waals surface area (Å²) in [5.41, 5.74) is 2.10. The largest absolute Gasteiger partial charge is 0.414 e. The first-order valence-corrected chi connectivity index (χ1v) is 24.3. The van der Waals surface area contributed by atoms with E-state index in [4.69, 9.17) is 32.3 Å². The van der Waals surface area contributed by atoms with Crippen LogP contribution in [0, 0.1) is 11.8 Å². The summed E-state index contributed by atoms with van der Waals surface area (Å²) in [5, 5.41) is 0.0330. The number of ether oxygens (including phenoxy) is 5. The fourth-order valence-electron chi connectivity index (χ4n) is 7.47. The first-order valence-electron chi connectivity index (χ1n) is 19.4. The quantitative estimate of drug-likeness (QED) is 0.0458. The number of sulfone groups is 1. The van der Waals surface area contributed by atoms with Crippen molar-refractivity contribution in [3.63, 3.8) is 0 Å². The maximum absolute atomic E-state index is 13.9. The Morgan fingerprint density at radius 1 is 1.04 bits per heavy atom. The molecule has 3 fully saturated rings. The van der Waals surface area contributed by atoms with Gasteiger partial charge in [0.2, 0.25) is 0 Å². The Hall–Kier alpha value is -1.58. The second-order valence-electron chi connectivity index (χ2n) is 16.8. The molecule has 0 spiro atoms. The van der Waals surface area contributed by atoms with E-state index in [1.807, 2.05) is 12.1 Å². The van der Waals surface area contributed by atoms with Crippen LogP contribution in [0.15, 0.2) is 84.3 Å².